The summed E-state index contributed by atoms with van der Waals surface area (Å²) >= 11 is 1.37. The molecular weight excluding hydrogens is 225 g/mol. The highest BCUT2D eigenvalue weighted by Gasteiger charge is 2.28. The van der Waals surface area contributed by atoms with E-state index in [1.54, 1.807) is 6.07 Å². The van der Waals surface area contributed by atoms with Crippen LogP contribution in [0.25, 0.3) is 0 Å². The van der Waals surface area contributed by atoms with E-state index in [1.165, 1.54) is 11.3 Å². The van der Waals surface area contributed by atoms with Crippen molar-refractivity contribution in [2.45, 2.75) is 38.5 Å². The van der Waals surface area contributed by atoms with Gasteiger partial charge in [0.2, 0.25) is 0 Å². The fourth-order valence-corrected chi connectivity index (χ4v) is 2.18. The third-order valence-corrected chi connectivity index (χ3v) is 3.39. The lowest BCUT2D eigenvalue weighted by Gasteiger charge is -2.10. The van der Waals surface area contributed by atoms with Gasteiger partial charge in [-0.05, 0) is 25.0 Å². The van der Waals surface area contributed by atoms with Gasteiger partial charge in [-0.25, -0.2) is 0 Å². The normalized spacial score (nSPS) is 14.2. The van der Waals surface area contributed by atoms with Crippen molar-refractivity contribution in [3.63, 3.8) is 0 Å². The second-order valence-electron chi connectivity index (χ2n) is 3.33. The molecule has 0 bridgehead atoms. The van der Waals surface area contributed by atoms with Crippen LogP contribution in [0.2, 0.25) is 0 Å². The maximum absolute atomic E-state index is 11.9. The van der Waals surface area contributed by atoms with Crippen molar-refractivity contribution in [2.75, 3.05) is 0 Å². The van der Waals surface area contributed by atoms with Crippen molar-refractivity contribution >= 4 is 11.3 Å². The van der Waals surface area contributed by atoms with Crippen LogP contribution < -0.4 is 0 Å². The fourth-order valence-electron chi connectivity index (χ4n) is 1.21. The summed E-state index contributed by atoms with van der Waals surface area (Å²) in [6, 6.07) is 3.54. The van der Waals surface area contributed by atoms with E-state index in [4.69, 9.17) is 0 Å². The van der Waals surface area contributed by atoms with Crippen LogP contribution in [0.15, 0.2) is 12.1 Å². The van der Waals surface area contributed by atoms with Gasteiger partial charge in [0.1, 0.15) is 0 Å². The molecule has 0 aliphatic carbocycles. The average Bonchev–Trinajstić information content (AvgIpc) is 2.61. The predicted molar refractivity (Wildman–Crippen MR) is 53.9 cm³/mol. The summed E-state index contributed by atoms with van der Waals surface area (Å²) in [5, 5.41) is 9.50. The Bertz CT molecular complexity index is 306. The van der Waals surface area contributed by atoms with E-state index in [-0.39, 0.29) is 6.42 Å². The monoisotopic (exact) mass is 238 g/mol. The van der Waals surface area contributed by atoms with Gasteiger partial charge in [0, 0.05) is 16.2 Å². The molecule has 1 atom stereocenters. The minimum absolute atomic E-state index is 0.257. The van der Waals surface area contributed by atoms with E-state index in [1.807, 2.05) is 13.0 Å². The molecule has 1 aromatic heterocycles. The fraction of sp³-hybridized carbons (Fsp3) is 0.600. The summed E-state index contributed by atoms with van der Waals surface area (Å²) in [6.07, 6.45) is -5.53. The Morgan fingerprint density at radius 3 is 2.53 bits per heavy atom. The number of hydrogen-bond acceptors (Lipinski definition) is 2. The third-order valence-electron chi connectivity index (χ3n) is 2.06. The topological polar surface area (TPSA) is 20.2 Å². The molecule has 0 fully saturated rings. The minimum Gasteiger partial charge on any atom is -0.388 e. The number of alkyl halides is 3. The maximum atomic E-state index is 11.9. The zero-order valence-corrected chi connectivity index (χ0v) is 9.16. The second-order valence-corrected chi connectivity index (χ2v) is 4.53. The van der Waals surface area contributed by atoms with Gasteiger partial charge in [-0.15, -0.1) is 11.3 Å². The van der Waals surface area contributed by atoms with Gasteiger partial charge in [-0.2, -0.15) is 13.2 Å². The molecular formula is C10H13F3OS. The number of aliphatic hydroxyl groups excluding tert-OH is 1. The van der Waals surface area contributed by atoms with Crippen LogP contribution in [-0.2, 0) is 6.42 Å². The van der Waals surface area contributed by atoms with Gasteiger partial charge in [0.05, 0.1) is 6.10 Å². The summed E-state index contributed by atoms with van der Waals surface area (Å²) < 4.78 is 35.7. The number of aliphatic hydroxyl groups is 1. The molecule has 0 aromatic carbocycles. The molecule has 1 nitrogen and oxygen atoms in total. The summed E-state index contributed by atoms with van der Waals surface area (Å²) in [6.45, 7) is 1.97. The van der Waals surface area contributed by atoms with Crippen molar-refractivity contribution < 1.29 is 18.3 Å². The molecule has 5 heteroatoms. The van der Waals surface area contributed by atoms with Crippen molar-refractivity contribution in [3.05, 3.63) is 21.9 Å². The number of halogens is 3. The molecule has 15 heavy (non-hydrogen) atoms. The van der Waals surface area contributed by atoms with E-state index >= 15 is 0 Å². The molecule has 1 N–H and O–H groups in total. The Kier molecular flexibility index (Phi) is 4.16. The van der Waals surface area contributed by atoms with Gasteiger partial charge in [0.15, 0.2) is 0 Å². The Labute approximate surface area is 90.6 Å². The van der Waals surface area contributed by atoms with Gasteiger partial charge in [0.25, 0.3) is 0 Å². The van der Waals surface area contributed by atoms with Gasteiger partial charge in [-0.3, -0.25) is 0 Å². The number of rotatable bonds is 4. The average molecular weight is 238 g/mol. The molecule has 0 saturated heterocycles. The molecule has 0 aliphatic heterocycles. The molecule has 0 amide bonds. The van der Waals surface area contributed by atoms with Crippen LogP contribution in [0, 0.1) is 0 Å². The first-order valence-electron chi connectivity index (χ1n) is 4.76. The molecule has 0 spiro atoms. The van der Waals surface area contributed by atoms with E-state index in [0.717, 1.165) is 11.3 Å². The molecule has 1 aromatic rings. The lowest BCUT2D eigenvalue weighted by Crippen LogP contribution is -2.09. The SMILES string of the molecule is CCc1ccc(C(O)CCC(F)(F)F)s1. The Morgan fingerprint density at radius 2 is 2.07 bits per heavy atom. The third kappa shape index (κ3) is 4.22. The Hall–Kier alpha value is -0.550. The molecule has 0 radical (unpaired) electrons. The highest BCUT2D eigenvalue weighted by Crippen LogP contribution is 2.30. The van der Waals surface area contributed by atoms with Crippen LogP contribution in [0.1, 0.15) is 35.6 Å². The first kappa shape index (κ1) is 12.5. The van der Waals surface area contributed by atoms with Crippen molar-refractivity contribution in [1.82, 2.24) is 0 Å². The number of aryl methyl sites for hydroxylation is 1. The summed E-state index contributed by atoms with van der Waals surface area (Å²) in [5.74, 6) is 0. The van der Waals surface area contributed by atoms with E-state index in [9.17, 15) is 18.3 Å². The van der Waals surface area contributed by atoms with E-state index < -0.39 is 18.7 Å². The minimum atomic E-state index is -4.19. The maximum Gasteiger partial charge on any atom is 0.389 e. The lowest BCUT2D eigenvalue weighted by molar-refractivity contribution is -0.140. The zero-order valence-electron chi connectivity index (χ0n) is 8.34. The number of hydrogen-bond donors (Lipinski definition) is 1. The highest BCUT2D eigenvalue weighted by molar-refractivity contribution is 7.12. The highest BCUT2D eigenvalue weighted by atomic mass is 32.1. The summed E-state index contributed by atoms with van der Waals surface area (Å²) in [5.41, 5.74) is 0. The van der Waals surface area contributed by atoms with Gasteiger partial charge in [-0.1, -0.05) is 6.92 Å². The van der Waals surface area contributed by atoms with Crippen molar-refractivity contribution in [3.8, 4) is 0 Å². The van der Waals surface area contributed by atoms with E-state index in [2.05, 4.69) is 0 Å². The standard InChI is InChI=1S/C10H13F3OS/c1-2-7-3-4-9(15-7)8(14)5-6-10(11,12)13/h3-4,8,14H,2,5-6H2,1H3. The first-order valence-corrected chi connectivity index (χ1v) is 5.57. The molecule has 0 saturated carbocycles. The van der Waals surface area contributed by atoms with Crippen LogP contribution in [0.5, 0.6) is 0 Å². The van der Waals surface area contributed by atoms with Crippen LogP contribution in [0.4, 0.5) is 13.2 Å². The van der Waals surface area contributed by atoms with Gasteiger partial charge < -0.3 is 5.11 Å². The largest absolute Gasteiger partial charge is 0.389 e. The summed E-state index contributed by atoms with van der Waals surface area (Å²) in [4.78, 5) is 1.70. The quantitative estimate of drug-likeness (QED) is 0.848. The lowest BCUT2D eigenvalue weighted by atomic mass is 10.1. The Morgan fingerprint density at radius 1 is 1.40 bits per heavy atom. The van der Waals surface area contributed by atoms with E-state index in [0.29, 0.717) is 4.88 Å². The molecule has 1 heterocycles. The molecule has 86 valence electrons. The molecule has 1 rings (SSSR count). The van der Waals surface area contributed by atoms with Gasteiger partial charge >= 0.3 is 6.18 Å². The molecule has 1 unspecified atom stereocenters. The first-order chi connectivity index (χ1) is 6.92. The van der Waals surface area contributed by atoms with Crippen molar-refractivity contribution in [2.24, 2.45) is 0 Å². The van der Waals surface area contributed by atoms with Crippen LogP contribution >= 0.6 is 11.3 Å². The second kappa shape index (κ2) is 4.99. The zero-order chi connectivity index (χ0) is 11.5. The van der Waals surface area contributed by atoms with Crippen molar-refractivity contribution in [1.29, 1.82) is 0 Å². The predicted octanol–water partition coefficient (Wildman–Crippen LogP) is 3.69. The molecule has 0 aliphatic rings. The van der Waals surface area contributed by atoms with Crippen LogP contribution in [0.3, 0.4) is 0 Å². The summed E-state index contributed by atoms with van der Waals surface area (Å²) in [7, 11) is 0. The smallest absolute Gasteiger partial charge is 0.388 e. The van der Waals surface area contributed by atoms with Crippen LogP contribution in [-0.4, -0.2) is 11.3 Å². The number of thiophene rings is 1. The Balaban J connectivity index is 2.50.